The van der Waals surface area contributed by atoms with Crippen LogP contribution in [0.5, 0.6) is 5.75 Å². The lowest BCUT2D eigenvalue weighted by Gasteiger charge is -2.29. The van der Waals surface area contributed by atoms with Crippen molar-refractivity contribution in [3.63, 3.8) is 0 Å². The Kier molecular flexibility index (Phi) is 7.92. The Morgan fingerprint density at radius 1 is 1.41 bits per heavy atom. The van der Waals surface area contributed by atoms with Crippen molar-refractivity contribution in [1.82, 2.24) is 5.32 Å². The lowest BCUT2D eigenvalue weighted by atomic mass is 9.72. The van der Waals surface area contributed by atoms with Gasteiger partial charge in [0.25, 0.3) is 0 Å². The molecule has 0 bridgehead atoms. The highest BCUT2D eigenvalue weighted by Crippen LogP contribution is 2.34. The average molecular weight is 427 g/mol. The number of carbonyl (C=O) groups is 3. The van der Waals surface area contributed by atoms with Gasteiger partial charge in [0, 0.05) is 0 Å². The fourth-order valence-electron chi connectivity index (χ4n) is 2.74. The summed E-state index contributed by atoms with van der Waals surface area (Å²) in [5.41, 5.74) is 0.118. The van der Waals surface area contributed by atoms with Crippen molar-refractivity contribution >= 4 is 36.7 Å². The maximum atomic E-state index is 14.6. The molecule has 1 atom stereocenters. The van der Waals surface area contributed by atoms with Crippen LogP contribution in [0.3, 0.4) is 0 Å². The molecule has 0 saturated heterocycles. The van der Waals surface area contributed by atoms with Gasteiger partial charge in [0.2, 0.25) is 12.7 Å². The van der Waals surface area contributed by atoms with Gasteiger partial charge in [0.05, 0.1) is 17.6 Å². The Hall–Kier alpha value is -2.27. The number of aryl methyl sites for hydroxylation is 1. The van der Waals surface area contributed by atoms with E-state index in [1.54, 1.807) is 20.1 Å². The lowest BCUT2D eigenvalue weighted by molar-refractivity contribution is -0.155. The van der Waals surface area contributed by atoms with Gasteiger partial charge in [-0.25, -0.2) is 9.18 Å². The Bertz CT molecular complexity index is 805. The van der Waals surface area contributed by atoms with Gasteiger partial charge in [-0.05, 0) is 36.8 Å². The van der Waals surface area contributed by atoms with Gasteiger partial charge >= 0.3 is 19.1 Å². The number of ether oxygens (including phenoxy) is 2. The Morgan fingerprint density at radius 3 is 2.72 bits per heavy atom. The second-order valence-corrected chi connectivity index (χ2v) is 7.72. The van der Waals surface area contributed by atoms with Crippen LogP contribution < -0.4 is 9.97 Å². The first-order valence-electron chi connectivity index (χ1n) is 8.94. The molecule has 1 amide bonds. The van der Waals surface area contributed by atoms with E-state index in [4.69, 9.17) is 14.1 Å². The molecular weight excluding hydrogens is 404 g/mol. The van der Waals surface area contributed by atoms with E-state index >= 15 is 0 Å². The molecule has 0 fully saturated rings. The van der Waals surface area contributed by atoms with E-state index < -0.39 is 49.1 Å². The third-order valence-corrected chi connectivity index (χ3v) is 4.74. The average Bonchev–Trinajstić information content (AvgIpc) is 2.64. The number of esters is 2. The van der Waals surface area contributed by atoms with Crippen LogP contribution >= 0.6 is 11.8 Å². The molecule has 0 aliphatic carbocycles. The second kappa shape index (κ2) is 9.97. The van der Waals surface area contributed by atoms with Crippen LogP contribution in [-0.4, -0.2) is 54.7 Å². The van der Waals surface area contributed by atoms with Crippen molar-refractivity contribution in [1.29, 1.82) is 0 Å². The first-order valence-corrected chi connectivity index (χ1v) is 10.3. The summed E-state index contributed by atoms with van der Waals surface area (Å²) in [4.78, 5) is 35.7. The van der Waals surface area contributed by atoms with Crippen molar-refractivity contribution in [2.45, 2.75) is 33.1 Å². The molecule has 0 radical (unpaired) electrons. The summed E-state index contributed by atoms with van der Waals surface area (Å²) in [7, 11) is -1.47. The molecule has 0 spiro atoms. The SMILES string of the molecule is CSCC(=O)N[C@H]1Cc2cc(C)c(F)c(C(=O)OCOC(=O)C(C)C)c2OB1O. The summed E-state index contributed by atoms with van der Waals surface area (Å²) < 4.78 is 29.6. The molecule has 8 nitrogen and oxygen atoms in total. The Balaban J connectivity index is 2.21. The lowest BCUT2D eigenvalue weighted by Crippen LogP contribution is -2.53. The number of halogens is 1. The van der Waals surface area contributed by atoms with Crippen LogP contribution in [0.4, 0.5) is 4.39 Å². The van der Waals surface area contributed by atoms with Crippen LogP contribution in [-0.2, 0) is 25.5 Å². The van der Waals surface area contributed by atoms with Crippen LogP contribution in [0.2, 0.25) is 0 Å². The predicted octanol–water partition coefficient (Wildman–Crippen LogP) is 1.25. The van der Waals surface area contributed by atoms with Gasteiger partial charge in [-0.15, -0.1) is 0 Å². The number of hydrogen-bond donors (Lipinski definition) is 2. The third-order valence-electron chi connectivity index (χ3n) is 4.19. The molecule has 1 aliphatic rings. The molecule has 1 heterocycles. The molecule has 29 heavy (non-hydrogen) atoms. The quantitative estimate of drug-likeness (QED) is 0.380. The van der Waals surface area contributed by atoms with Crippen molar-refractivity contribution in [3.8, 4) is 5.75 Å². The number of benzene rings is 1. The first-order chi connectivity index (χ1) is 13.6. The van der Waals surface area contributed by atoms with Crippen molar-refractivity contribution < 1.29 is 37.9 Å². The highest BCUT2D eigenvalue weighted by atomic mass is 32.2. The number of nitrogens with one attached hydrogen (secondary N) is 1. The monoisotopic (exact) mass is 427 g/mol. The van der Waals surface area contributed by atoms with Crippen molar-refractivity contribution in [2.75, 3.05) is 18.8 Å². The minimum atomic E-state index is -1.47. The maximum Gasteiger partial charge on any atom is 0.547 e. The molecule has 0 unspecified atom stereocenters. The summed E-state index contributed by atoms with van der Waals surface area (Å²) in [5, 5.41) is 12.9. The largest absolute Gasteiger partial charge is 0.547 e. The van der Waals surface area contributed by atoms with E-state index in [0.717, 1.165) is 0 Å². The molecule has 0 aromatic heterocycles. The fourth-order valence-corrected chi connectivity index (χ4v) is 3.08. The fraction of sp³-hybridized carbons (Fsp3) is 0.500. The minimum Gasteiger partial charge on any atom is -0.534 e. The number of carbonyl (C=O) groups excluding carboxylic acids is 3. The Morgan fingerprint density at radius 2 is 2.10 bits per heavy atom. The second-order valence-electron chi connectivity index (χ2n) is 6.86. The smallest absolute Gasteiger partial charge is 0.534 e. The summed E-state index contributed by atoms with van der Waals surface area (Å²) in [6.45, 7) is 4.03. The van der Waals surface area contributed by atoms with Crippen molar-refractivity contribution in [2.24, 2.45) is 5.92 Å². The number of hydrogen-bond acceptors (Lipinski definition) is 8. The van der Waals surface area contributed by atoms with Gasteiger partial charge in [-0.1, -0.05) is 13.8 Å². The zero-order valence-corrected chi connectivity index (χ0v) is 17.4. The molecule has 11 heteroatoms. The molecule has 1 aromatic rings. The highest BCUT2D eigenvalue weighted by Gasteiger charge is 2.39. The topological polar surface area (TPSA) is 111 Å². The minimum absolute atomic E-state index is 0.139. The standard InChI is InChI=1S/C18H23BFNO7S/c1-9(2)17(23)26-8-27-18(24)14-15(20)10(3)5-11-6-12(19(25)28-16(11)14)21-13(22)7-29-4/h5,9,12,25H,6-8H2,1-4H3,(H,21,22)/t12-/m0/s1. The zero-order valence-electron chi connectivity index (χ0n) is 16.6. The van der Waals surface area contributed by atoms with Gasteiger partial charge < -0.3 is 24.5 Å². The molecule has 0 saturated carbocycles. The number of thioether (sulfide) groups is 1. The van der Waals surface area contributed by atoms with Gasteiger partial charge in [-0.3, -0.25) is 9.59 Å². The summed E-state index contributed by atoms with van der Waals surface area (Å²) in [6, 6.07) is 1.49. The third kappa shape index (κ3) is 5.63. The summed E-state index contributed by atoms with van der Waals surface area (Å²) >= 11 is 1.33. The maximum absolute atomic E-state index is 14.6. The van der Waals surface area contributed by atoms with Crippen LogP contribution in [0.15, 0.2) is 6.07 Å². The molecule has 1 aliphatic heterocycles. The molecule has 158 valence electrons. The zero-order chi connectivity index (χ0) is 21.7. The predicted molar refractivity (Wildman–Crippen MR) is 105 cm³/mol. The molecule has 2 rings (SSSR count). The molecular formula is C18H23BFNO7S. The van der Waals surface area contributed by atoms with E-state index in [2.05, 4.69) is 5.32 Å². The number of rotatable bonds is 7. The van der Waals surface area contributed by atoms with Gasteiger partial charge in [0.15, 0.2) is 0 Å². The van der Waals surface area contributed by atoms with Crippen molar-refractivity contribution in [3.05, 3.63) is 28.6 Å². The molecule has 1 aromatic carbocycles. The summed E-state index contributed by atoms with van der Waals surface area (Å²) in [5.74, 6) is -3.89. The van der Waals surface area contributed by atoms with E-state index in [1.807, 2.05) is 0 Å². The highest BCUT2D eigenvalue weighted by molar-refractivity contribution is 7.99. The van der Waals surface area contributed by atoms with Crippen LogP contribution in [0.1, 0.15) is 35.3 Å². The summed E-state index contributed by atoms with van der Waals surface area (Å²) in [6.07, 6.45) is 1.91. The Labute approximate surface area is 172 Å². The normalized spacial score (nSPS) is 15.4. The first kappa shape index (κ1) is 23.0. The number of amides is 1. The van der Waals surface area contributed by atoms with Gasteiger partial charge in [0.1, 0.15) is 17.1 Å². The van der Waals surface area contributed by atoms with E-state index in [-0.39, 0.29) is 29.4 Å². The van der Waals surface area contributed by atoms with E-state index in [0.29, 0.717) is 5.56 Å². The van der Waals surface area contributed by atoms with E-state index in [1.165, 1.54) is 24.8 Å². The van der Waals surface area contributed by atoms with Crippen LogP contribution in [0.25, 0.3) is 0 Å². The van der Waals surface area contributed by atoms with Gasteiger partial charge in [-0.2, -0.15) is 11.8 Å². The number of fused-ring (bicyclic) bond motifs is 1. The van der Waals surface area contributed by atoms with Crippen LogP contribution in [0, 0.1) is 18.7 Å². The van der Waals surface area contributed by atoms with E-state index in [9.17, 15) is 23.8 Å². The molecule has 2 N–H and O–H groups in total.